The predicted molar refractivity (Wildman–Crippen MR) is 86.4 cm³/mol. The molecule has 3 heterocycles. The second-order valence-corrected chi connectivity index (χ2v) is 7.66. The minimum absolute atomic E-state index is 0.0452. The lowest BCUT2D eigenvalue weighted by molar-refractivity contribution is -0.132. The van der Waals surface area contributed by atoms with Gasteiger partial charge in [0.25, 0.3) is 0 Å². The van der Waals surface area contributed by atoms with Crippen molar-refractivity contribution in [2.24, 2.45) is 0 Å². The van der Waals surface area contributed by atoms with Gasteiger partial charge in [-0.25, -0.2) is 0 Å². The molecule has 3 unspecified atom stereocenters. The van der Waals surface area contributed by atoms with Gasteiger partial charge in [-0.2, -0.15) is 0 Å². The topological polar surface area (TPSA) is 35.6 Å². The number of amides is 1. The fourth-order valence-corrected chi connectivity index (χ4v) is 4.39. The monoisotopic (exact) mass is 307 g/mol. The predicted octanol–water partition coefficient (Wildman–Crippen LogP) is 2.36. The molecule has 1 N–H and O–H groups in total. The zero-order valence-corrected chi connectivity index (χ0v) is 13.9. The molecule has 2 saturated heterocycles. The maximum Gasteiger partial charge on any atom is 0.241 e. The number of aryl methyl sites for hydroxylation is 1. The molecule has 3 rings (SSSR count). The summed E-state index contributed by atoms with van der Waals surface area (Å²) in [5, 5.41) is 3.46. The number of hydrogen-bond acceptors (Lipinski definition) is 4. The van der Waals surface area contributed by atoms with E-state index in [1.165, 1.54) is 35.7 Å². The Hall–Kier alpha value is -0.910. The summed E-state index contributed by atoms with van der Waals surface area (Å²) in [6.07, 6.45) is 2.63. The Morgan fingerprint density at radius 2 is 2.10 bits per heavy atom. The highest BCUT2D eigenvalue weighted by atomic mass is 32.1. The van der Waals surface area contributed by atoms with Crippen molar-refractivity contribution in [1.82, 2.24) is 15.1 Å². The standard InChI is InChI=1S/C16H25N3OS/c1-11(10-18-8-4-5-9-18)19-15(17-13(3)16(19)20)14-7-6-12(2)21-14/h6-7,11,13,15,17H,4-5,8-10H2,1-3H3. The van der Waals surface area contributed by atoms with Gasteiger partial charge < -0.3 is 9.80 Å². The van der Waals surface area contributed by atoms with E-state index < -0.39 is 0 Å². The molecule has 116 valence electrons. The minimum atomic E-state index is -0.0848. The fraction of sp³-hybridized carbons (Fsp3) is 0.688. The van der Waals surface area contributed by atoms with Crippen LogP contribution < -0.4 is 5.32 Å². The number of nitrogens with one attached hydrogen (secondary N) is 1. The molecule has 0 aliphatic carbocycles. The number of carbonyl (C=O) groups is 1. The van der Waals surface area contributed by atoms with Crippen LogP contribution in [-0.4, -0.2) is 47.4 Å². The van der Waals surface area contributed by atoms with Gasteiger partial charge in [-0.3, -0.25) is 10.1 Å². The van der Waals surface area contributed by atoms with E-state index in [4.69, 9.17) is 0 Å². The molecule has 1 amide bonds. The molecule has 0 saturated carbocycles. The van der Waals surface area contributed by atoms with E-state index in [1.54, 1.807) is 11.3 Å². The Morgan fingerprint density at radius 1 is 1.38 bits per heavy atom. The summed E-state index contributed by atoms with van der Waals surface area (Å²) in [5.41, 5.74) is 0. The molecule has 2 aliphatic rings. The Morgan fingerprint density at radius 3 is 2.71 bits per heavy atom. The SMILES string of the molecule is Cc1ccc(C2NC(C)C(=O)N2C(C)CN2CCCC2)s1. The summed E-state index contributed by atoms with van der Waals surface area (Å²) in [5.74, 6) is 0.234. The highest BCUT2D eigenvalue weighted by Gasteiger charge is 2.40. The first-order valence-electron chi connectivity index (χ1n) is 7.93. The van der Waals surface area contributed by atoms with E-state index in [-0.39, 0.29) is 24.2 Å². The average Bonchev–Trinajstić information content (AvgIpc) is 3.13. The molecule has 0 spiro atoms. The van der Waals surface area contributed by atoms with Gasteiger partial charge in [0.05, 0.1) is 6.04 Å². The van der Waals surface area contributed by atoms with E-state index >= 15 is 0 Å². The molecule has 21 heavy (non-hydrogen) atoms. The Labute approximate surface area is 131 Å². The lowest BCUT2D eigenvalue weighted by Gasteiger charge is -2.32. The van der Waals surface area contributed by atoms with Crippen LogP contribution in [0.3, 0.4) is 0 Å². The van der Waals surface area contributed by atoms with Crippen molar-refractivity contribution in [1.29, 1.82) is 0 Å². The molecular weight excluding hydrogens is 282 g/mol. The Bertz CT molecular complexity index is 509. The molecule has 2 fully saturated rings. The van der Waals surface area contributed by atoms with Gasteiger partial charge >= 0.3 is 0 Å². The van der Waals surface area contributed by atoms with Gasteiger partial charge in [0.1, 0.15) is 6.17 Å². The normalized spacial score (nSPS) is 28.5. The summed E-state index contributed by atoms with van der Waals surface area (Å²) in [6, 6.07) is 4.45. The van der Waals surface area contributed by atoms with Crippen LogP contribution in [0.15, 0.2) is 12.1 Å². The molecular formula is C16H25N3OS. The highest BCUT2D eigenvalue weighted by molar-refractivity contribution is 7.12. The van der Waals surface area contributed by atoms with Gasteiger partial charge in [0.15, 0.2) is 0 Å². The first-order valence-corrected chi connectivity index (χ1v) is 8.75. The average molecular weight is 307 g/mol. The largest absolute Gasteiger partial charge is 0.317 e. The van der Waals surface area contributed by atoms with E-state index in [9.17, 15) is 4.79 Å². The van der Waals surface area contributed by atoms with Gasteiger partial charge in [0, 0.05) is 22.3 Å². The van der Waals surface area contributed by atoms with Gasteiger partial charge in [-0.05, 0) is 58.8 Å². The number of rotatable bonds is 4. The van der Waals surface area contributed by atoms with Crippen molar-refractivity contribution < 1.29 is 4.79 Å². The molecule has 4 nitrogen and oxygen atoms in total. The third-order valence-corrected chi connectivity index (χ3v) is 5.59. The van der Waals surface area contributed by atoms with Crippen LogP contribution in [0.4, 0.5) is 0 Å². The Balaban J connectivity index is 1.76. The van der Waals surface area contributed by atoms with Crippen LogP contribution in [0.25, 0.3) is 0 Å². The van der Waals surface area contributed by atoms with Crippen molar-refractivity contribution in [2.45, 2.75) is 51.9 Å². The zero-order chi connectivity index (χ0) is 15.0. The second-order valence-electron chi connectivity index (χ2n) is 6.34. The number of hydrogen-bond donors (Lipinski definition) is 1. The lowest BCUT2D eigenvalue weighted by atomic mass is 10.2. The molecule has 5 heteroatoms. The van der Waals surface area contributed by atoms with Crippen LogP contribution in [0.1, 0.15) is 42.6 Å². The molecule has 3 atom stereocenters. The maximum atomic E-state index is 12.6. The number of thiophene rings is 1. The number of likely N-dealkylation sites (tertiary alicyclic amines) is 1. The van der Waals surface area contributed by atoms with Crippen LogP contribution in [0.5, 0.6) is 0 Å². The number of carbonyl (C=O) groups excluding carboxylic acids is 1. The second kappa shape index (κ2) is 6.07. The minimum Gasteiger partial charge on any atom is -0.317 e. The first kappa shape index (κ1) is 15.0. The smallest absolute Gasteiger partial charge is 0.241 e. The van der Waals surface area contributed by atoms with Crippen molar-refractivity contribution in [3.8, 4) is 0 Å². The zero-order valence-electron chi connectivity index (χ0n) is 13.1. The summed E-state index contributed by atoms with van der Waals surface area (Å²) < 4.78 is 0. The first-order chi connectivity index (χ1) is 10.1. The third-order valence-electron chi connectivity index (χ3n) is 4.54. The van der Waals surface area contributed by atoms with Crippen molar-refractivity contribution in [3.05, 3.63) is 21.9 Å². The summed E-state index contributed by atoms with van der Waals surface area (Å²) in [6.45, 7) is 9.62. The fourth-order valence-electron chi connectivity index (χ4n) is 3.46. The lowest BCUT2D eigenvalue weighted by Crippen LogP contribution is -2.44. The summed E-state index contributed by atoms with van der Waals surface area (Å²) >= 11 is 1.78. The van der Waals surface area contributed by atoms with E-state index in [2.05, 4.69) is 41.1 Å². The van der Waals surface area contributed by atoms with Crippen LogP contribution in [0, 0.1) is 6.92 Å². The van der Waals surface area contributed by atoms with Crippen molar-refractivity contribution in [2.75, 3.05) is 19.6 Å². The van der Waals surface area contributed by atoms with E-state index in [1.807, 2.05) is 6.92 Å². The quantitative estimate of drug-likeness (QED) is 0.927. The highest BCUT2D eigenvalue weighted by Crippen LogP contribution is 2.32. The maximum absolute atomic E-state index is 12.6. The number of nitrogens with zero attached hydrogens (tertiary/aromatic N) is 2. The van der Waals surface area contributed by atoms with Crippen LogP contribution in [0.2, 0.25) is 0 Å². The van der Waals surface area contributed by atoms with Gasteiger partial charge in [0.2, 0.25) is 5.91 Å². The van der Waals surface area contributed by atoms with Crippen LogP contribution in [-0.2, 0) is 4.79 Å². The molecule has 1 aromatic heterocycles. The molecule has 0 aromatic carbocycles. The van der Waals surface area contributed by atoms with Crippen molar-refractivity contribution >= 4 is 17.2 Å². The molecule has 1 aromatic rings. The third kappa shape index (κ3) is 3.00. The molecule has 2 aliphatic heterocycles. The van der Waals surface area contributed by atoms with Gasteiger partial charge in [-0.1, -0.05) is 0 Å². The molecule has 0 bridgehead atoms. The molecule has 0 radical (unpaired) electrons. The van der Waals surface area contributed by atoms with E-state index in [0.29, 0.717) is 0 Å². The van der Waals surface area contributed by atoms with Crippen molar-refractivity contribution in [3.63, 3.8) is 0 Å². The summed E-state index contributed by atoms with van der Waals surface area (Å²) in [7, 11) is 0. The van der Waals surface area contributed by atoms with Crippen LogP contribution >= 0.6 is 11.3 Å². The Kier molecular flexibility index (Phi) is 4.33. The summed E-state index contributed by atoms with van der Waals surface area (Å²) in [4.78, 5) is 19.7. The van der Waals surface area contributed by atoms with E-state index in [0.717, 1.165) is 6.54 Å². The van der Waals surface area contributed by atoms with Gasteiger partial charge in [-0.15, -0.1) is 11.3 Å².